The highest BCUT2D eigenvalue weighted by atomic mass is 16.5. The molecule has 1 unspecified atom stereocenters. The van der Waals surface area contributed by atoms with Gasteiger partial charge >= 0.3 is 7.05 Å². The zero-order valence-corrected chi connectivity index (χ0v) is 25.6. The Labute approximate surface area is 254 Å². The number of nitrogens with zero attached hydrogens (tertiary/aromatic N) is 1. The van der Waals surface area contributed by atoms with Crippen LogP contribution in [0, 0.1) is 0 Å². The van der Waals surface area contributed by atoms with Crippen molar-refractivity contribution in [3.05, 3.63) is 58.7 Å². The molecule has 2 heterocycles. The summed E-state index contributed by atoms with van der Waals surface area (Å²) in [5.74, 6) is -0.243. The van der Waals surface area contributed by atoms with Crippen molar-refractivity contribution in [3.8, 4) is 5.75 Å². The Bertz CT molecular complexity index is 1340. The Morgan fingerprint density at radius 2 is 1.77 bits per heavy atom. The third kappa shape index (κ3) is 7.14. The number of carbonyl (C=O) groups is 3. The van der Waals surface area contributed by atoms with Crippen molar-refractivity contribution in [3.63, 3.8) is 0 Å². The van der Waals surface area contributed by atoms with E-state index in [0.29, 0.717) is 29.7 Å². The second-order valence-electron chi connectivity index (χ2n) is 12.6. The molecule has 3 aliphatic rings. The number of hydrogen-bond donors (Lipinski definition) is 3. The van der Waals surface area contributed by atoms with Gasteiger partial charge in [0.2, 0.25) is 5.91 Å². The Hall–Kier alpha value is -3.21. The number of ether oxygens (including phenoxy) is 1. The number of benzene rings is 2. The van der Waals surface area contributed by atoms with E-state index in [0.717, 1.165) is 68.0 Å². The number of carbonyl (C=O) groups excluding carboxylic acids is 3. The predicted molar refractivity (Wildman–Crippen MR) is 165 cm³/mol. The summed E-state index contributed by atoms with van der Waals surface area (Å²) in [5.41, 5.74) is 3.19. The smallest absolute Gasteiger partial charge is 0.488 e. The molecule has 0 saturated heterocycles. The molecule has 1 aliphatic carbocycles. The maximum atomic E-state index is 13.5. The first-order valence-corrected chi connectivity index (χ1v) is 15.7. The van der Waals surface area contributed by atoms with Crippen LogP contribution in [0.5, 0.6) is 5.75 Å². The van der Waals surface area contributed by atoms with Gasteiger partial charge in [0.15, 0.2) is 6.35 Å². The number of aliphatic hydroxyl groups excluding tert-OH is 1. The molecule has 0 spiro atoms. The van der Waals surface area contributed by atoms with E-state index in [-0.39, 0.29) is 30.4 Å². The van der Waals surface area contributed by atoms with Gasteiger partial charge in [-0.1, -0.05) is 49.9 Å². The summed E-state index contributed by atoms with van der Waals surface area (Å²) in [7, 11) is 0.764. The van der Waals surface area contributed by atoms with Crippen LogP contribution in [-0.4, -0.2) is 60.9 Å². The van der Waals surface area contributed by atoms with Crippen molar-refractivity contribution < 1.29 is 28.9 Å². The first kappa shape index (κ1) is 31.2. The highest BCUT2D eigenvalue weighted by Crippen LogP contribution is 2.36. The van der Waals surface area contributed by atoms with Crippen molar-refractivity contribution >= 4 is 30.3 Å². The van der Waals surface area contributed by atoms with Gasteiger partial charge < -0.3 is 14.5 Å². The van der Waals surface area contributed by atoms with Crippen LogP contribution in [-0.2, 0) is 32.5 Å². The number of aliphatic hydroxyl groups is 1. The lowest BCUT2D eigenvalue weighted by Crippen LogP contribution is -2.59. The molecule has 1 fully saturated rings. The molecule has 2 aliphatic heterocycles. The molecule has 2 aromatic carbocycles. The maximum absolute atomic E-state index is 13.5. The van der Waals surface area contributed by atoms with E-state index in [1.807, 2.05) is 26.0 Å². The minimum absolute atomic E-state index is 0.218. The van der Waals surface area contributed by atoms with Crippen LogP contribution >= 0.6 is 0 Å². The molecule has 0 bridgehead atoms. The topological polar surface area (TPSA) is 117 Å². The SMILES string of the molecule is COc1ccc2c(c1)C(=O)N(CCc1ccc3c(c1)CCCCCC(=O)OB3NC(O)NC1CCCCC1)C(=O)C2(C)C. The highest BCUT2D eigenvalue weighted by Gasteiger charge is 2.44. The van der Waals surface area contributed by atoms with Crippen molar-refractivity contribution in [2.45, 2.75) is 102 Å². The molecule has 3 N–H and O–H groups in total. The lowest BCUT2D eigenvalue weighted by atomic mass is 9.69. The Morgan fingerprint density at radius 3 is 2.53 bits per heavy atom. The van der Waals surface area contributed by atoms with E-state index in [1.54, 1.807) is 25.3 Å². The Balaban J connectivity index is 1.34. The number of fused-ring (bicyclic) bond motifs is 2. The van der Waals surface area contributed by atoms with E-state index >= 15 is 0 Å². The minimum Gasteiger partial charge on any atom is -0.516 e. The van der Waals surface area contributed by atoms with Crippen LogP contribution in [0.2, 0.25) is 0 Å². The molecule has 0 radical (unpaired) electrons. The van der Waals surface area contributed by atoms with Gasteiger partial charge in [0.05, 0.1) is 12.5 Å². The van der Waals surface area contributed by atoms with Crippen molar-refractivity contribution in [1.29, 1.82) is 0 Å². The molecule has 0 aromatic heterocycles. The van der Waals surface area contributed by atoms with Crippen LogP contribution in [0.15, 0.2) is 36.4 Å². The molecule has 10 heteroatoms. The molecule has 1 atom stereocenters. The summed E-state index contributed by atoms with van der Waals surface area (Å²) in [5, 5.41) is 17.2. The van der Waals surface area contributed by atoms with Crippen LogP contribution < -0.4 is 20.7 Å². The fourth-order valence-electron chi connectivity index (χ4n) is 6.62. The molecule has 230 valence electrons. The zero-order chi connectivity index (χ0) is 30.6. The predicted octanol–water partition coefficient (Wildman–Crippen LogP) is 3.34. The molecule has 2 amide bonds. The van der Waals surface area contributed by atoms with Crippen molar-refractivity contribution in [1.82, 2.24) is 15.4 Å². The van der Waals surface area contributed by atoms with Crippen LogP contribution in [0.1, 0.15) is 98.7 Å². The summed E-state index contributed by atoms with van der Waals surface area (Å²) >= 11 is 0. The van der Waals surface area contributed by atoms with Crippen LogP contribution in [0.4, 0.5) is 0 Å². The summed E-state index contributed by atoms with van der Waals surface area (Å²) < 4.78 is 11.2. The van der Waals surface area contributed by atoms with E-state index < -0.39 is 18.8 Å². The van der Waals surface area contributed by atoms with Gasteiger partial charge in [-0.05, 0) is 86.7 Å². The standard InChI is InChI=1S/C33H44BN3O6/c1-33(2)27-16-15-25(42-3)21-26(27)30(39)37(31(33)40)19-18-22-14-17-28-23(20-22)10-6-4-9-13-29(38)43-34(28)36-32(41)35-24-11-7-5-8-12-24/h14-17,20-21,24,32,35-36,41H,4-13,18-19H2,1-3H3. The minimum atomic E-state index is -1.02. The third-order valence-electron chi connectivity index (χ3n) is 9.15. The normalized spacial score (nSPS) is 20.2. The van der Waals surface area contributed by atoms with Crippen molar-refractivity contribution in [2.24, 2.45) is 0 Å². The number of methoxy groups -OCH3 is 1. The quantitative estimate of drug-likeness (QED) is 0.244. The summed E-state index contributed by atoms with van der Waals surface area (Å²) in [6.45, 7) is 3.95. The summed E-state index contributed by atoms with van der Waals surface area (Å²) in [4.78, 5) is 41.0. The van der Waals surface area contributed by atoms with Crippen LogP contribution in [0.25, 0.3) is 0 Å². The fraction of sp³-hybridized carbons (Fsp3) is 0.545. The number of hydrogen-bond acceptors (Lipinski definition) is 8. The van der Waals surface area contributed by atoms with E-state index in [9.17, 15) is 19.5 Å². The first-order chi connectivity index (χ1) is 20.7. The lowest BCUT2D eigenvalue weighted by Gasteiger charge is -2.37. The van der Waals surface area contributed by atoms with E-state index in [4.69, 9.17) is 9.39 Å². The zero-order valence-electron chi connectivity index (χ0n) is 25.6. The monoisotopic (exact) mass is 589 g/mol. The van der Waals surface area contributed by atoms with Gasteiger partial charge in [0.1, 0.15) is 5.75 Å². The Morgan fingerprint density at radius 1 is 1.02 bits per heavy atom. The largest absolute Gasteiger partial charge is 0.516 e. The second kappa shape index (κ2) is 13.6. The summed E-state index contributed by atoms with van der Waals surface area (Å²) in [6, 6.07) is 11.5. The van der Waals surface area contributed by atoms with Gasteiger partial charge in [-0.3, -0.25) is 29.8 Å². The molecular formula is C33H44BN3O6. The average Bonchev–Trinajstić information content (AvgIpc) is 3.00. The molecule has 1 saturated carbocycles. The maximum Gasteiger partial charge on any atom is 0.488 e. The third-order valence-corrected chi connectivity index (χ3v) is 9.15. The number of aryl methyl sites for hydroxylation is 1. The average molecular weight is 590 g/mol. The lowest BCUT2D eigenvalue weighted by molar-refractivity contribution is -0.135. The number of imide groups is 1. The molecule has 9 nitrogen and oxygen atoms in total. The number of nitrogens with one attached hydrogen (secondary N) is 2. The van der Waals surface area contributed by atoms with Gasteiger partial charge in [0, 0.05) is 24.6 Å². The molecular weight excluding hydrogens is 545 g/mol. The summed E-state index contributed by atoms with van der Waals surface area (Å²) in [6.07, 6.45) is 8.75. The fourth-order valence-corrected chi connectivity index (χ4v) is 6.62. The Kier molecular flexibility index (Phi) is 9.89. The first-order valence-electron chi connectivity index (χ1n) is 15.7. The molecule has 2 aromatic rings. The van der Waals surface area contributed by atoms with E-state index in [1.165, 1.54) is 11.3 Å². The van der Waals surface area contributed by atoms with Gasteiger partial charge in [-0.25, -0.2) is 0 Å². The van der Waals surface area contributed by atoms with Crippen molar-refractivity contribution in [2.75, 3.05) is 13.7 Å². The molecule has 43 heavy (non-hydrogen) atoms. The number of rotatable bonds is 8. The van der Waals surface area contributed by atoms with Crippen LogP contribution in [0.3, 0.4) is 0 Å². The van der Waals surface area contributed by atoms with Gasteiger partial charge in [0.25, 0.3) is 11.9 Å². The highest BCUT2D eigenvalue weighted by molar-refractivity contribution is 6.67. The van der Waals surface area contributed by atoms with E-state index in [2.05, 4.69) is 16.6 Å². The van der Waals surface area contributed by atoms with Gasteiger partial charge in [-0.15, -0.1) is 0 Å². The van der Waals surface area contributed by atoms with Gasteiger partial charge in [-0.2, -0.15) is 0 Å². The molecule has 5 rings (SSSR count). The second-order valence-corrected chi connectivity index (χ2v) is 12.6. The number of amides is 2.